The zero-order chi connectivity index (χ0) is 12.4. The van der Waals surface area contributed by atoms with Gasteiger partial charge in [-0.2, -0.15) is 0 Å². The van der Waals surface area contributed by atoms with Gasteiger partial charge in [-0.25, -0.2) is 4.79 Å². The van der Waals surface area contributed by atoms with Crippen molar-refractivity contribution in [3.05, 3.63) is 0 Å². The van der Waals surface area contributed by atoms with E-state index in [0.717, 1.165) is 19.4 Å². The molecular formula is C11H18N2O4. The van der Waals surface area contributed by atoms with Crippen molar-refractivity contribution < 1.29 is 19.8 Å². The van der Waals surface area contributed by atoms with Crippen LogP contribution in [-0.4, -0.2) is 58.8 Å². The van der Waals surface area contributed by atoms with Gasteiger partial charge in [-0.05, 0) is 19.4 Å². The quantitative estimate of drug-likeness (QED) is 0.580. The van der Waals surface area contributed by atoms with E-state index >= 15 is 0 Å². The molecule has 0 aromatic rings. The fourth-order valence-electron chi connectivity index (χ4n) is 2.59. The Morgan fingerprint density at radius 2 is 2.12 bits per heavy atom. The molecule has 3 N–H and O–H groups in total. The lowest BCUT2D eigenvalue weighted by atomic mass is 9.98. The number of carboxylic acids is 1. The molecule has 0 spiro atoms. The molecule has 0 aromatic carbocycles. The summed E-state index contributed by atoms with van der Waals surface area (Å²) in [7, 11) is 0. The molecule has 0 bridgehead atoms. The van der Waals surface area contributed by atoms with Gasteiger partial charge in [-0.15, -0.1) is 0 Å². The van der Waals surface area contributed by atoms with Crippen LogP contribution in [0, 0.1) is 5.92 Å². The molecule has 0 radical (unpaired) electrons. The minimum Gasteiger partial charge on any atom is -0.480 e. The second-order valence-corrected chi connectivity index (χ2v) is 4.78. The SMILES string of the molecule is O=C(O)[C@H]1C[C@@H](O)CN1C(=O)[C@H]1CCCNC1. The van der Waals surface area contributed by atoms with E-state index in [9.17, 15) is 14.7 Å². The van der Waals surface area contributed by atoms with E-state index in [1.54, 1.807) is 0 Å². The number of hydrogen-bond acceptors (Lipinski definition) is 4. The number of rotatable bonds is 2. The van der Waals surface area contributed by atoms with Crippen LogP contribution in [0.1, 0.15) is 19.3 Å². The van der Waals surface area contributed by atoms with Crippen LogP contribution in [0.3, 0.4) is 0 Å². The number of aliphatic hydroxyl groups is 1. The predicted molar refractivity (Wildman–Crippen MR) is 59.4 cm³/mol. The van der Waals surface area contributed by atoms with Crippen molar-refractivity contribution in [3.8, 4) is 0 Å². The van der Waals surface area contributed by atoms with Crippen LogP contribution in [0.15, 0.2) is 0 Å². The normalized spacial score (nSPS) is 33.7. The Bertz CT molecular complexity index is 315. The fourth-order valence-corrected chi connectivity index (χ4v) is 2.59. The monoisotopic (exact) mass is 242 g/mol. The Hall–Kier alpha value is -1.14. The van der Waals surface area contributed by atoms with E-state index in [4.69, 9.17) is 5.11 Å². The van der Waals surface area contributed by atoms with Crippen molar-refractivity contribution in [1.29, 1.82) is 0 Å². The van der Waals surface area contributed by atoms with E-state index in [1.165, 1.54) is 4.90 Å². The first kappa shape index (κ1) is 12.3. The lowest BCUT2D eigenvalue weighted by Crippen LogP contribution is -2.47. The van der Waals surface area contributed by atoms with Gasteiger partial charge < -0.3 is 20.4 Å². The van der Waals surface area contributed by atoms with E-state index in [2.05, 4.69) is 5.32 Å². The van der Waals surface area contributed by atoms with Gasteiger partial charge in [0.1, 0.15) is 6.04 Å². The molecular weight excluding hydrogens is 224 g/mol. The number of amides is 1. The molecule has 2 fully saturated rings. The zero-order valence-electron chi connectivity index (χ0n) is 9.63. The molecule has 0 aliphatic carbocycles. The number of hydrogen-bond donors (Lipinski definition) is 3. The summed E-state index contributed by atoms with van der Waals surface area (Å²) in [4.78, 5) is 24.5. The first-order chi connectivity index (χ1) is 8.09. The highest BCUT2D eigenvalue weighted by Gasteiger charge is 2.41. The standard InChI is InChI=1S/C11H18N2O4/c14-8-4-9(11(16)17)13(6-8)10(15)7-2-1-3-12-5-7/h7-9,12,14H,1-6H2,(H,16,17)/t7-,8+,9+/m0/s1. The maximum absolute atomic E-state index is 12.2. The van der Waals surface area contributed by atoms with Gasteiger partial charge in [0, 0.05) is 19.5 Å². The smallest absolute Gasteiger partial charge is 0.326 e. The molecule has 0 aromatic heterocycles. The average Bonchev–Trinajstić information content (AvgIpc) is 2.72. The van der Waals surface area contributed by atoms with E-state index in [1.807, 2.05) is 0 Å². The highest BCUT2D eigenvalue weighted by atomic mass is 16.4. The lowest BCUT2D eigenvalue weighted by Gasteiger charge is -2.29. The van der Waals surface area contributed by atoms with Crippen molar-refractivity contribution in [2.75, 3.05) is 19.6 Å². The summed E-state index contributed by atoms with van der Waals surface area (Å²) in [5.41, 5.74) is 0. The Balaban J connectivity index is 2.04. The maximum Gasteiger partial charge on any atom is 0.326 e. The van der Waals surface area contributed by atoms with Gasteiger partial charge in [0.05, 0.1) is 12.0 Å². The van der Waals surface area contributed by atoms with Gasteiger partial charge in [-0.3, -0.25) is 4.79 Å². The summed E-state index contributed by atoms with van der Waals surface area (Å²) in [6.45, 7) is 1.67. The Kier molecular flexibility index (Phi) is 3.63. The minimum atomic E-state index is -1.03. The molecule has 6 nitrogen and oxygen atoms in total. The number of aliphatic carboxylic acids is 1. The molecule has 6 heteroatoms. The number of likely N-dealkylation sites (tertiary alicyclic amines) is 1. The molecule has 0 unspecified atom stereocenters. The van der Waals surface area contributed by atoms with Crippen LogP contribution in [-0.2, 0) is 9.59 Å². The summed E-state index contributed by atoms with van der Waals surface area (Å²) in [5, 5.41) is 21.7. The number of nitrogens with one attached hydrogen (secondary N) is 1. The molecule has 2 rings (SSSR count). The van der Waals surface area contributed by atoms with Gasteiger partial charge in [0.15, 0.2) is 0 Å². The van der Waals surface area contributed by atoms with Crippen LogP contribution in [0.25, 0.3) is 0 Å². The average molecular weight is 242 g/mol. The van der Waals surface area contributed by atoms with Gasteiger partial charge >= 0.3 is 5.97 Å². The number of carbonyl (C=O) groups excluding carboxylic acids is 1. The minimum absolute atomic E-state index is 0.138. The van der Waals surface area contributed by atoms with Gasteiger partial charge in [-0.1, -0.05) is 0 Å². The van der Waals surface area contributed by atoms with E-state index in [-0.39, 0.29) is 24.8 Å². The van der Waals surface area contributed by atoms with Crippen molar-refractivity contribution in [3.63, 3.8) is 0 Å². The number of piperidine rings is 1. The first-order valence-electron chi connectivity index (χ1n) is 6.01. The van der Waals surface area contributed by atoms with Crippen molar-refractivity contribution in [2.24, 2.45) is 5.92 Å². The molecule has 3 atom stereocenters. The molecule has 2 saturated heterocycles. The number of carbonyl (C=O) groups is 2. The van der Waals surface area contributed by atoms with Crippen LogP contribution in [0.2, 0.25) is 0 Å². The molecule has 96 valence electrons. The maximum atomic E-state index is 12.2. The summed E-state index contributed by atoms with van der Waals surface area (Å²) >= 11 is 0. The Morgan fingerprint density at radius 3 is 2.71 bits per heavy atom. The first-order valence-corrected chi connectivity index (χ1v) is 6.01. The second-order valence-electron chi connectivity index (χ2n) is 4.78. The second kappa shape index (κ2) is 5.01. The number of carboxylic acid groups (broad SMARTS) is 1. The Labute approximate surface area is 99.6 Å². The third-order valence-corrected chi connectivity index (χ3v) is 3.49. The topological polar surface area (TPSA) is 89.9 Å². The van der Waals surface area contributed by atoms with Crippen LogP contribution in [0.4, 0.5) is 0 Å². The third kappa shape index (κ3) is 2.58. The molecule has 2 heterocycles. The molecule has 2 aliphatic heterocycles. The zero-order valence-corrected chi connectivity index (χ0v) is 9.63. The van der Waals surface area contributed by atoms with Crippen LogP contribution in [0.5, 0.6) is 0 Å². The molecule has 1 amide bonds. The van der Waals surface area contributed by atoms with Crippen molar-refractivity contribution >= 4 is 11.9 Å². The number of nitrogens with zero attached hydrogens (tertiary/aromatic N) is 1. The van der Waals surface area contributed by atoms with Gasteiger partial charge in [0.25, 0.3) is 0 Å². The predicted octanol–water partition coefficient (Wildman–Crippen LogP) is -0.968. The van der Waals surface area contributed by atoms with Crippen molar-refractivity contribution in [1.82, 2.24) is 10.2 Å². The molecule has 17 heavy (non-hydrogen) atoms. The van der Waals surface area contributed by atoms with Crippen LogP contribution < -0.4 is 5.32 Å². The highest BCUT2D eigenvalue weighted by Crippen LogP contribution is 2.23. The highest BCUT2D eigenvalue weighted by molar-refractivity contribution is 5.86. The summed E-state index contributed by atoms with van der Waals surface area (Å²) < 4.78 is 0. The van der Waals surface area contributed by atoms with Gasteiger partial charge in [0.2, 0.25) is 5.91 Å². The van der Waals surface area contributed by atoms with E-state index in [0.29, 0.717) is 6.54 Å². The van der Waals surface area contributed by atoms with E-state index < -0.39 is 18.1 Å². The fraction of sp³-hybridized carbons (Fsp3) is 0.818. The third-order valence-electron chi connectivity index (χ3n) is 3.49. The van der Waals surface area contributed by atoms with Crippen molar-refractivity contribution in [2.45, 2.75) is 31.4 Å². The number of β-amino-alcohol motifs (C(OH)–C–C–N with tert-alkyl or cyclic N) is 1. The molecule has 0 saturated carbocycles. The molecule has 2 aliphatic rings. The summed E-state index contributed by atoms with van der Waals surface area (Å²) in [5.74, 6) is -1.31. The largest absolute Gasteiger partial charge is 0.480 e. The Morgan fingerprint density at radius 1 is 1.35 bits per heavy atom. The lowest BCUT2D eigenvalue weighted by molar-refractivity contribution is -0.150. The number of aliphatic hydroxyl groups excluding tert-OH is 1. The van der Waals surface area contributed by atoms with Crippen LogP contribution >= 0.6 is 0 Å². The summed E-state index contributed by atoms with van der Waals surface area (Å²) in [6, 6.07) is -0.862. The summed E-state index contributed by atoms with van der Waals surface area (Å²) in [6.07, 6.45) is 1.16.